The quantitative estimate of drug-likeness (QED) is 0.290. The lowest BCUT2D eigenvalue weighted by molar-refractivity contribution is -0.122. The Labute approximate surface area is 216 Å². The predicted molar refractivity (Wildman–Crippen MR) is 142 cm³/mol. The highest BCUT2D eigenvalue weighted by molar-refractivity contribution is 6.30. The Morgan fingerprint density at radius 1 is 1.14 bits per heavy atom. The highest BCUT2D eigenvalue weighted by atomic mass is 35.5. The summed E-state index contributed by atoms with van der Waals surface area (Å²) in [5, 5.41) is 4.84. The molecule has 6 heteroatoms. The second-order valence-corrected chi connectivity index (χ2v) is 10.3. The summed E-state index contributed by atoms with van der Waals surface area (Å²) in [6.07, 6.45) is 4.38. The van der Waals surface area contributed by atoms with Crippen LogP contribution in [0.15, 0.2) is 79.0 Å². The van der Waals surface area contributed by atoms with Gasteiger partial charge in [0, 0.05) is 54.2 Å². The molecule has 1 aromatic heterocycles. The SMILES string of the molecule is C[C@]1(CNC(=O)C[C@H](c2cccc(Cl)c2)c2cn(Cc3ccc(F)cc3)c3ccccc23)CCCO1. The molecule has 0 saturated carbocycles. The van der Waals surface area contributed by atoms with E-state index in [1.165, 1.54) is 12.1 Å². The van der Waals surface area contributed by atoms with Gasteiger partial charge in [-0.15, -0.1) is 0 Å². The average Bonchev–Trinajstić information content (AvgIpc) is 3.47. The molecule has 186 valence electrons. The Hall–Kier alpha value is -3.15. The number of carbonyl (C=O) groups excluding carboxylic acids is 1. The Balaban J connectivity index is 1.48. The zero-order valence-electron chi connectivity index (χ0n) is 20.3. The van der Waals surface area contributed by atoms with Crippen LogP contribution in [0.3, 0.4) is 0 Å². The van der Waals surface area contributed by atoms with Crippen LogP contribution in [0.5, 0.6) is 0 Å². The molecule has 0 aliphatic carbocycles. The largest absolute Gasteiger partial charge is 0.373 e. The first kappa shape index (κ1) is 24.5. The van der Waals surface area contributed by atoms with E-state index >= 15 is 0 Å². The van der Waals surface area contributed by atoms with Crippen LogP contribution in [0, 0.1) is 5.82 Å². The van der Waals surface area contributed by atoms with Crippen molar-refractivity contribution in [2.45, 2.75) is 44.2 Å². The van der Waals surface area contributed by atoms with Crippen molar-refractivity contribution in [1.82, 2.24) is 9.88 Å². The summed E-state index contributed by atoms with van der Waals surface area (Å²) in [6, 6.07) is 22.5. The maximum Gasteiger partial charge on any atom is 0.221 e. The number of ether oxygens (including phenoxy) is 1. The number of aromatic nitrogens is 1. The number of hydrogen-bond acceptors (Lipinski definition) is 2. The van der Waals surface area contributed by atoms with Crippen molar-refractivity contribution < 1.29 is 13.9 Å². The maximum absolute atomic E-state index is 13.5. The molecule has 4 aromatic rings. The standard InChI is InChI=1S/C30H30ClFN2O2/c1-30(14-5-15-36-30)20-33-29(35)17-26(22-6-4-7-23(31)16-22)27-19-34(28-9-3-2-8-25(27)28)18-21-10-12-24(32)13-11-21/h2-4,6-13,16,19,26H,5,14-15,17-18,20H2,1H3,(H,33,35)/t26-,30-/m1/s1. The normalized spacial score (nSPS) is 18.4. The van der Waals surface area contributed by atoms with Gasteiger partial charge in [-0.1, -0.05) is 54.1 Å². The molecule has 1 aliphatic heterocycles. The van der Waals surface area contributed by atoms with E-state index in [0.717, 1.165) is 47.0 Å². The van der Waals surface area contributed by atoms with E-state index in [4.69, 9.17) is 16.3 Å². The van der Waals surface area contributed by atoms with E-state index in [1.54, 1.807) is 12.1 Å². The number of nitrogens with one attached hydrogen (secondary N) is 1. The lowest BCUT2D eigenvalue weighted by Gasteiger charge is -2.24. The minimum absolute atomic E-state index is 0.0212. The lowest BCUT2D eigenvalue weighted by atomic mass is 9.88. The highest BCUT2D eigenvalue weighted by Crippen LogP contribution is 2.36. The fourth-order valence-corrected chi connectivity index (χ4v) is 5.32. The van der Waals surface area contributed by atoms with E-state index in [-0.39, 0.29) is 23.2 Å². The van der Waals surface area contributed by atoms with Gasteiger partial charge in [0.25, 0.3) is 0 Å². The van der Waals surface area contributed by atoms with Gasteiger partial charge in [-0.3, -0.25) is 4.79 Å². The van der Waals surface area contributed by atoms with Gasteiger partial charge in [0.05, 0.1) is 5.60 Å². The summed E-state index contributed by atoms with van der Waals surface area (Å²) < 4.78 is 21.5. The molecule has 1 aliphatic rings. The van der Waals surface area contributed by atoms with Crippen LogP contribution < -0.4 is 5.32 Å². The monoisotopic (exact) mass is 504 g/mol. The molecule has 1 N–H and O–H groups in total. The molecule has 4 nitrogen and oxygen atoms in total. The fraction of sp³-hybridized carbons (Fsp3) is 0.300. The molecule has 3 aromatic carbocycles. The minimum Gasteiger partial charge on any atom is -0.373 e. The van der Waals surface area contributed by atoms with Crippen LogP contribution in [0.25, 0.3) is 10.9 Å². The molecule has 36 heavy (non-hydrogen) atoms. The van der Waals surface area contributed by atoms with Crippen molar-refractivity contribution in [3.63, 3.8) is 0 Å². The van der Waals surface area contributed by atoms with E-state index in [1.807, 2.05) is 36.4 Å². The number of nitrogens with zero attached hydrogens (tertiary/aromatic N) is 1. The Morgan fingerprint density at radius 2 is 1.94 bits per heavy atom. The first-order valence-corrected chi connectivity index (χ1v) is 12.8. The Kier molecular flexibility index (Phi) is 7.13. The van der Waals surface area contributed by atoms with Gasteiger partial charge in [-0.2, -0.15) is 0 Å². The molecule has 5 rings (SSSR count). The highest BCUT2D eigenvalue weighted by Gasteiger charge is 2.31. The number of halogens is 2. The van der Waals surface area contributed by atoms with Crippen LogP contribution >= 0.6 is 11.6 Å². The zero-order valence-corrected chi connectivity index (χ0v) is 21.1. The van der Waals surface area contributed by atoms with E-state index in [2.05, 4.69) is 35.1 Å². The maximum atomic E-state index is 13.5. The van der Waals surface area contributed by atoms with Crippen molar-refractivity contribution in [1.29, 1.82) is 0 Å². The summed E-state index contributed by atoms with van der Waals surface area (Å²) in [4.78, 5) is 13.2. The molecule has 1 amide bonds. The number of para-hydroxylation sites is 1. The van der Waals surface area contributed by atoms with Gasteiger partial charge >= 0.3 is 0 Å². The molecule has 0 bridgehead atoms. The molecule has 0 unspecified atom stereocenters. The van der Waals surface area contributed by atoms with Gasteiger partial charge in [0.15, 0.2) is 0 Å². The fourth-order valence-electron chi connectivity index (χ4n) is 5.12. The van der Waals surface area contributed by atoms with E-state index in [9.17, 15) is 9.18 Å². The first-order chi connectivity index (χ1) is 17.4. The summed E-state index contributed by atoms with van der Waals surface area (Å²) in [5.41, 5.74) is 3.83. The second-order valence-electron chi connectivity index (χ2n) is 9.85. The summed E-state index contributed by atoms with van der Waals surface area (Å²) in [5.74, 6) is -0.451. The van der Waals surface area contributed by atoms with Crippen LogP contribution in [0.1, 0.15) is 48.8 Å². The van der Waals surface area contributed by atoms with Crippen molar-refractivity contribution in [2.75, 3.05) is 13.2 Å². The van der Waals surface area contributed by atoms with Gasteiger partial charge in [0.2, 0.25) is 5.91 Å². The topological polar surface area (TPSA) is 43.3 Å². The number of amides is 1. The average molecular weight is 505 g/mol. The van der Waals surface area contributed by atoms with E-state index in [0.29, 0.717) is 24.5 Å². The van der Waals surface area contributed by atoms with Gasteiger partial charge in [0.1, 0.15) is 5.82 Å². The third-order valence-corrected chi connectivity index (χ3v) is 7.30. The van der Waals surface area contributed by atoms with Crippen molar-refractivity contribution in [2.24, 2.45) is 0 Å². The molecule has 2 atom stereocenters. The molecule has 1 fully saturated rings. The van der Waals surface area contributed by atoms with E-state index < -0.39 is 0 Å². The van der Waals surface area contributed by atoms with Gasteiger partial charge in [-0.25, -0.2) is 4.39 Å². The van der Waals surface area contributed by atoms with Crippen molar-refractivity contribution in [3.8, 4) is 0 Å². The molecule has 1 saturated heterocycles. The van der Waals surface area contributed by atoms with Gasteiger partial charge in [-0.05, 0) is 66.8 Å². The number of fused-ring (bicyclic) bond motifs is 1. The van der Waals surface area contributed by atoms with Crippen molar-refractivity contribution >= 4 is 28.4 Å². The second kappa shape index (κ2) is 10.5. The molecule has 0 radical (unpaired) electrons. The summed E-state index contributed by atoms with van der Waals surface area (Å²) in [7, 11) is 0. The smallest absolute Gasteiger partial charge is 0.221 e. The third kappa shape index (κ3) is 5.48. The number of hydrogen-bond donors (Lipinski definition) is 1. The Morgan fingerprint density at radius 3 is 2.69 bits per heavy atom. The van der Waals surface area contributed by atoms with Crippen LogP contribution in [0.4, 0.5) is 4.39 Å². The Bertz CT molecular complexity index is 1360. The molecule has 0 spiro atoms. The predicted octanol–water partition coefficient (Wildman–Crippen LogP) is 6.69. The third-order valence-electron chi connectivity index (χ3n) is 7.06. The summed E-state index contributed by atoms with van der Waals surface area (Å²) >= 11 is 6.37. The van der Waals surface area contributed by atoms with Crippen LogP contribution in [-0.4, -0.2) is 29.2 Å². The minimum atomic E-state index is -0.299. The number of rotatable bonds is 8. The summed E-state index contributed by atoms with van der Waals surface area (Å²) in [6.45, 7) is 3.90. The number of benzene rings is 3. The van der Waals surface area contributed by atoms with Crippen molar-refractivity contribution in [3.05, 3.63) is 107 Å². The molecular weight excluding hydrogens is 475 g/mol. The molecular formula is C30H30ClFN2O2. The lowest BCUT2D eigenvalue weighted by Crippen LogP contribution is -2.40. The van der Waals surface area contributed by atoms with Gasteiger partial charge < -0.3 is 14.6 Å². The van der Waals surface area contributed by atoms with Crippen LogP contribution in [-0.2, 0) is 16.1 Å². The van der Waals surface area contributed by atoms with Crippen LogP contribution in [0.2, 0.25) is 5.02 Å². The molecule has 2 heterocycles. The zero-order chi connectivity index (χ0) is 25.1. The first-order valence-electron chi connectivity index (χ1n) is 12.4. The number of carbonyl (C=O) groups is 1.